The first-order valence-corrected chi connectivity index (χ1v) is 13.5. The van der Waals surface area contributed by atoms with Crippen LogP contribution >= 0.6 is 18.9 Å². The van der Waals surface area contributed by atoms with Crippen LogP contribution in [0.2, 0.25) is 18.1 Å². The van der Waals surface area contributed by atoms with Crippen molar-refractivity contribution < 1.29 is 18.0 Å². The van der Waals surface area contributed by atoms with Crippen LogP contribution in [0.25, 0.3) is 0 Å². The van der Waals surface area contributed by atoms with Crippen LogP contribution < -0.4 is 0 Å². The minimum atomic E-state index is -3.09. The summed E-state index contributed by atoms with van der Waals surface area (Å²) in [5.41, 5.74) is 0.745. The molecule has 0 saturated heterocycles. The van der Waals surface area contributed by atoms with Gasteiger partial charge in [-0.1, -0.05) is 20.8 Å². The highest BCUT2D eigenvalue weighted by Crippen LogP contribution is 2.51. The normalized spacial score (nSPS) is 13.5. The SMILES string of the molecule is CCOP(=O)(Cc1csc(CO[Si](C)(C)C(C)(C)C)n1)OCC. The van der Waals surface area contributed by atoms with Crippen molar-refractivity contribution in [3.63, 3.8) is 0 Å². The van der Waals surface area contributed by atoms with E-state index in [0.29, 0.717) is 19.8 Å². The van der Waals surface area contributed by atoms with Crippen molar-refractivity contribution in [2.45, 2.75) is 65.5 Å². The third kappa shape index (κ3) is 6.40. The van der Waals surface area contributed by atoms with Gasteiger partial charge in [-0.3, -0.25) is 4.57 Å². The Balaban J connectivity index is 2.70. The van der Waals surface area contributed by atoms with Crippen molar-refractivity contribution >= 4 is 27.2 Å². The zero-order chi connectivity index (χ0) is 17.7. The summed E-state index contributed by atoms with van der Waals surface area (Å²) in [7, 11) is -4.88. The maximum Gasteiger partial charge on any atom is 0.336 e. The molecule has 8 heteroatoms. The van der Waals surface area contributed by atoms with E-state index >= 15 is 0 Å². The summed E-state index contributed by atoms with van der Waals surface area (Å²) in [6.07, 6.45) is 0.214. The van der Waals surface area contributed by atoms with Crippen molar-refractivity contribution in [2.75, 3.05) is 13.2 Å². The number of rotatable bonds is 9. The Morgan fingerprint density at radius 2 is 1.78 bits per heavy atom. The summed E-state index contributed by atoms with van der Waals surface area (Å²) in [6, 6.07) is 0. The van der Waals surface area contributed by atoms with E-state index < -0.39 is 15.9 Å². The fourth-order valence-corrected chi connectivity index (χ4v) is 5.13. The fraction of sp³-hybridized carbons (Fsp3) is 0.800. The van der Waals surface area contributed by atoms with E-state index in [1.165, 1.54) is 11.3 Å². The lowest BCUT2D eigenvalue weighted by atomic mass is 10.2. The molecular weight excluding hydrogens is 349 g/mol. The summed E-state index contributed by atoms with van der Waals surface area (Å²) >= 11 is 1.53. The second-order valence-electron chi connectivity index (χ2n) is 6.89. The van der Waals surface area contributed by atoms with E-state index in [0.717, 1.165) is 10.7 Å². The molecule has 0 bridgehead atoms. The molecule has 23 heavy (non-hydrogen) atoms. The van der Waals surface area contributed by atoms with Crippen molar-refractivity contribution in [3.8, 4) is 0 Å². The largest absolute Gasteiger partial charge is 0.410 e. The Kier molecular flexibility index (Phi) is 7.64. The molecule has 0 aliphatic rings. The summed E-state index contributed by atoms with van der Waals surface area (Å²) in [6.45, 7) is 15.9. The molecule has 0 aliphatic heterocycles. The van der Waals surface area contributed by atoms with Gasteiger partial charge in [-0.2, -0.15) is 0 Å². The third-order valence-corrected chi connectivity index (χ3v) is 11.3. The number of hydrogen-bond acceptors (Lipinski definition) is 6. The molecule has 1 heterocycles. The van der Waals surface area contributed by atoms with Crippen LogP contribution in [-0.2, 0) is 30.8 Å². The number of nitrogens with zero attached hydrogens (tertiary/aromatic N) is 1. The van der Waals surface area contributed by atoms with Crippen molar-refractivity contribution in [1.29, 1.82) is 0 Å². The molecule has 0 saturated carbocycles. The second-order valence-corrected chi connectivity index (χ2v) is 14.7. The number of thiazole rings is 1. The highest BCUT2D eigenvalue weighted by Gasteiger charge is 2.37. The van der Waals surface area contributed by atoms with Crippen molar-refractivity contribution in [3.05, 3.63) is 16.1 Å². The van der Waals surface area contributed by atoms with E-state index in [2.05, 4.69) is 38.8 Å². The Hall–Kier alpha value is -0.0431. The molecular formula is C15H30NO4PSSi. The molecule has 1 aromatic heterocycles. The van der Waals surface area contributed by atoms with Gasteiger partial charge in [-0.15, -0.1) is 11.3 Å². The molecule has 0 fully saturated rings. The van der Waals surface area contributed by atoms with Gasteiger partial charge in [-0.25, -0.2) is 4.98 Å². The summed E-state index contributed by atoms with van der Waals surface area (Å²) < 4.78 is 29.3. The van der Waals surface area contributed by atoms with Crippen LogP contribution in [-0.4, -0.2) is 26.5 Å². The Labute approximate surface area is 145 Å². The van der Waals surface area contributed by atoms with Crippen LogP contribution in [0.3, 0.4) is 0 Å². The molecule has 1 rings (SSSR count). The molecule has 0 spiro atoms. The van der Waals surface area contributed by atoms with Crippen LogP contribution in [0.5, 0.6) is 0 Å². The van der Waals surface area contributed by atoms with Gasteiger partial charge < -0.3 is 13.5 Å². The van der Waals surface area contributed by atoms with Gasteiger partial charge in [0.05, 0.1) is 31.7 Å². The highest BCUT2D eigenvalue weighted by atomic mass is 32.1. The summed E-state index contributed by atoms with van der Waals surface area (Å²) in [5, 5.41) is 2.99. The maximum absolute atomic E-state index is 12.5. The fourth-order valence-electron chi connectivity index (χ4n) is 1.67. The Morgan fingerprint density at radius 1 is 1.22 bits per heavy atom. The van der Waals surface area contributed by atoms with Gasteiger partial charge in [0.15, 0.2) is 8.32 Å². The van der Waals surface area contributed by atoms with Gasteiger partial charge in [0.1, 0.15) is 5.01 Å². The van der Waals surface area contributed by atoms with E-state index in [1.807, 2.05) is 19.2 Å². The van der Waals surface area contributed by atoms with Crippen molar-refractivity contribution in [2.24, 2.45) is 0 Å². The quantitative estimate of drug-likeness (QED) is 0.423. The monoisotopic (exact) mass is 379 g/mol. The second kappa shape index (κ2) is 8.36. The number of aromatic nitrogens is 1. The van der Waals surface area contributed by atoms with Crippen molar-refractivity contribution in [1.82, 2.24) is 4.98 Å². The van der Waals surface area contributed by atoms with Gasteiger partial charge in [0.2, 0.25) is 0 Å². The lowest BCUT2D eigenvalue weighted by Crippen LogP contribution is -2.40. The smallest absolute Gasteiger partial charge is 0.336 e. The minimum absolute atomic E-state index is 0.173. The molecule has 0 N–H and O–H groups in total. The van der Waals surface area contributed by atoms with Gasteiger partial charge >= 0.3 is 7.60 Å². The first-order chi connectivity index (χ1) is 10.5. The van der Waals surface area contributed by atoms with Gasteiger partial charge in [0, 0.05) is 5.38 Å². The molecule has 0 amide bonds. The lowest BCUT2D eigenvalue weighted by molar-refractivity contribution is 0.219. The molecule has 1 aromatic rings. The van der Waals surface area contributed by atoms with E-state index in [1.54, 1.807) is 0 Å². The first-order valence-electron chi connectivity index (χ1n) is 7.98. The zero-order valence-electron chi connectivity index (χ0n) is 15.3. The van der Waals surface area contributed by atoms with Crippen LogP contribution in [0.4, 0.5) is 0 Å². The molecule has 0 aliphatic carbocycles. The van der Waals surface area contributed by atoms with E-state index in [-0.39, 0.29) is 11.2 Å². The Bertz CT molecular complexity index is 532. The molecule has 0 atom stereocenters. The highest BCUT2D eigenvalue weighted by molar-refractivity contribution is 7.53. The predicted octanol–water partition coefficient (Wildman–Crippen LogP) is 5.43. The molecule has 0 aromatic carbocycles. The molecule has 134 valence electrons. The average Bonchev–Trinajstić information content (AvgIpc) is 2.83. The van der Waals surface area contributed by atoms with Gasteiger partial charge in [-0.05, 0) is 32.0 Å². The maximum atomic E-state index is 12.5. The number of hydrogen-bond donors (Lipinski definition) is 0. The topological polar surface area (TPSA) is 57.7 Å². The van der Waals surface area contributed by atoms with E-state index in [4.69, 9.17) is 13.5 Å². The molecule has 0 unspecified atom stereocenters. The summed E-state index contributed by atoms with van der Waals surface area (Å²) in [5.74, 6) is 0. The van der Waals surface area contributed by atoms with Crippen LogP contribution in [0.15, 0.2) is 5.38 Å². The third-order valence-electron chi connectivity index (χ3n) is 3.97. The van der Waals surface area contributed by atoms with Crippen LogP contribution in [0, 0.1) is 0 Å². The van der Waals surface area contributed by atoms with Gasteiger partial charge in [0.25, 0.3) is 0 Å². The summed E-state index contributed by atoms with van der Waals surface area (Å²) in [4.78, 5) is 4.53. The average molecular weight is 380 g/mol. The zero-order valence-corrected chi connectivity index (χ0v) is 18.1. The standard InChI is InChI=1S/C15H30NO4PSSi/c1-8-18-21(17,19-9-2)11-13-12-22-14(16-13)10-20-23(6,7)15(3,4)5/h12H,8-11H2,1-7H3. The minimum Gasteiger partial charge on any atom is -0.410 e. The Morgan fingerprint density at radius 3 is 2.26 bits per heavy atom. The molecule has 5 nitrogen and oxygen atoms in total. The van der Waals surface area contributed by atoms with E-state index in [9.17, 15) is 4.57 Å². The lowest BCUT2D eigenvalue weighted by Gasteiger charge is -2.35. The molecule has 0 radical (unpaired) electrons. The van der Waals surface area contributed by atoms with Crippen LogP contribution in [0.1, 0.15) is 45.3 Å². The first kappa shape index (κ1) is 21.0. The predicted molar refractivity (Wildman–Crippen MR) is 98.7 cm³/mol.